The molecule has 1 nitrogen and oxygen atoms in total. The van der Waals surface area contributed by atoms with Crippen molar-refractivity contribution < 1.29 is 0 Å². The van der Waals surface area contributed by atoms with E-state index in [0.717, 1.165) is 11.3 Å². The Kier molecular flexibility index (Phi) is 6.36. The van der Waals surface area contributed by atoms with Crippen molar-refractivity contribution in [2.75, 3.05) is 5.73 Å². The highest BCUT2D eigenvalue weighted by Gasteiger charge is 2.18. The van der Waals surface area contributed by atoms with E-state index in [9.17, 15) is 0 Å². The Balaban J connectivity index is 1.31. The Hall–Kier alpha value is -6.18. The van der Waals surface area contributed by atoms with Gasteiger partial charge in [0, 0.05) is 5.69 Å². The maximum absolute atomic E-state index is 5.94. The van der Waals surface area contributed by atoms with Gasteiger partial charge in [0.1, 0.15) is 0 Å². The molecule has 0 amide bonds. The first-order chi connectivity index (χ1) is 23.2. The zero-order valence-electron chi connectivity index (χ0n) is 25.8. The fourth-order valence-corrected chi connectivity index (χ4v) is 7.20. The highest BCUT2D eigenvalue weighted by atomic mass is 14.5. The zero-order chi connectivity index (χ0) is 31.3. The van der Waals surface area contributed by atoms with Crippen LogP contribution in [0.1, 0.15) is 0 Å². The van der Waals surface area contributed by atoms with Gasteiger partial charge in [-0.05, 0) is 118 Å². The first-order valence-corrected chi connectivity index (χ1v) is 16.1. The molecule has 0 aromatic heterocycles. The van der Waals surface area contributed by atoms with Crippen molar-refractivity contribution in [3.8, 4) is 44.5 Å². The van der Waals surface area contributed by atoms with E-state index in [4.69, 9.17) is 5.73 Å². The van der Waals surface area contributed by atoms with Crippen molar-refractivity contribution in [3.05, 3.63) is 176 Å². The maximum atomic E-state index is 5.94. The van der Waals surface area contributed by atoms with Gasteiger partial charge in [-0.3, -0.25) is 0 Å². The van der Waals surface area contributed by atoms with Gasteiger partial charge < -0.3 is 5.73 Å². The summed E-state index contributed by atoms with van der Waals surface area (Å²) >= 11 is 0. The van der Waals surface area contributed by atoms with Crippen LogP contribution < -0.4 is 5.73 Å². The summed E-state index contributed by atoms with van der Waals surface area (Å²) in [5, 5.41) is 10.0. The molecule has 0 saturated carbocycles. The molecule has 0 bridgehead atoms. The van der Waals surface area contributed by atoms with Crippen LogP contribution in [0.2, 0.25) is 0 Å². The molecule has 0 aliphatic rings. The molecule has 0 spiro atoms. The van der Waals surface area contributed by atoms with Crippen LogP contribution in [-0.4, -0.2) is 0 Å². The van der Waals surface area contributed by atoms with Crippen LogP contribution >= 0.6 is 0 Å². The minimum atomic E-state index is 0.777. The maximum Gasteiger partial charge on any atom is 0.0314 e. The van der Waals surface area contributed by atoms with Crippen LogP contribution in [0, 0.1) is 0 Å². The van der Waals surface area contributed by atoms with Crippen molar-refractivity contribution >= 4 is 48.8 Å². The normalized spacial score (nSPS) is 11.5. The van der Waals surface area contributed by atoms with E-state index in [2.05, 4.69) is 164 Å². The molecule has 0 radical (unpaired) electrons. The molecule has 0 unspecified atom stereocenters. The lowest BCUT2D eigenvalue weighted by Crippen LogP contribution is -1.92. The van der Waals surface area contributed by atoms with Crippen molar-refractivity contribution in [2.45, 2.75) is 0 Å². The molecule has 9 aromatic rings. The summed E-state index contributed by atoms with van der Waals surface area (Å²) in [7, 11) is 0. The van der Waals surface area contributed by atoms with Gasteiger partial charge in [0.05, 0.1) is 0 Å². The number of hydrogen-bond acceptors (Lipinski definition) is 1. The molecule has 1 heteroatoms. The molecule has 2 N–H and O–H groups in total. The predicted octanol–water partition coefficient (Wildman–Crippen LogP) is 12.5. The van der Waals surface area contributed by atoms with Crippen LogP contribution in [0.25, 0.3) is 87.6 Å². The molecule has 0 aliphatic heterocycles. The van der Waals surface area contributed by atoms with Crippen LogP contribution in [0.3, 0.4) is 0 Å². The molecule has 0 heterocycles. The Morgan fingerprint density at radius 1 is 0.255 bits per heavy atom. The van der Waals surface area contributed by atoms with Gasteiger partial charge in [0.2, 0.25) is 0 Å². The third-order valence-corrected chi connectivity index (χ3v) is 9.56. The van der Waals surface area contributed by atoms with E-state index >= 15 is 0 Å². The minimum absolute atomic E-state index is 0.777. The summed E-state index contributed by atoms with van der Waals surface area (Å²) in [5.41, 5.74) is 16.4. The Morgan fingerprint density at radius 3 is 1.19 bits per heavy atom. The summed E-state index contributed by atoms with van der Waals surface area (Å²) < 4.78 is 0. The topological polar surface area (TPSA) is 26.0 Å². The minimum Gasteiger partial charge on any atom is -0.399 e. The van der Waals surface area contributed by atoms with E-state index in [1.54, 1.807) is 0 Å². The second-order valence-corrected chi connectivity index (χ2v) is 12.4. The van der Waals surface area contributed by atoms with Crippen molar-refractivity contribution in [3.63, 3.8) is 0 Å². The van der Waals surface area contributed by atoms with E-state index in [1.807, 2.05) is 12.1 Å². The number of nitrogen functional groups attached to an aromatic ring is 1. The van der Waals surface area contributed by atoms with Crippen molar-refractivity contribution in [1.82, 2.24) is 0 Å². The van der Waals surface area contributed by atoms with E-state index in [-0.39, 0.29) is 0 Å². The van der Waals surface area contributed by atoms with Gasteiger partial charge in [0.15, 0.2) is 0 Å². The molecule has 9 aromatic carbocycles. The molecule has 47 heavy (non-hydrogen) atoms. The summed E-state index contributed by atoms with van der Waals surface area (Å²) in [6.45, 7) is 0. The third-order valence-electron chi connectivity index (χ3n) is 9.56. The summed E-state index contributed by atoms with van der Waals surface area (Å²) in [6.07, 6.45) is 0. The van der Waals surface area contributed by atoms with Gasteiger partial charge in [-0.1, -0.05) is 146 Å². The number of anilines is 1. The van der Waals surface area contributed by atoms with Crippen LogP contribution in [0.5, 0.6) is 0 Å². The molecule has 0 saturated heterocycles. The summed E-state index contributed by atoms with van der Waals surface area (Å²) in [5.74, 6) is 0. The average molecular weight is 598 g/mol. The largest absolute Gasteiger partial charge is 0.399 e. The molecule has 0 aliphatic carbocycles. The average Bonchev–Trinajstić information content (AvgIpc) is 3.13. The highest BCUT2D eigenvalue weighted by molar-refractivity contribution is 6.22. The lowest BCUT2D eigenvalue weighted by atomic mass is 9.84. The Bertz CT molecular complexity index is 2610. The molecule has 220 valence electrons. The molecular formula is C46H31N. The van der Waals surface area contributed by atoms with Gasteiger partial charge in [-0.15, -0.1) is 0 Å². The first-order valence-electron chi connectivity index (χ1n) is 16.1. The number of hydrogen-bond donors (Lipinski definition) is 1. The number of nitrogens with two attached hydrogens (primary N) is 1. The molecular weight excluding hydrogens is 567 g/mol. The predicted molar refractivity (Wildman–Crippen MR) is 203 cm³/mol. The lowest BCUT2D eigenvalue weighted by Gasteiger charge is -2.19. The quantitative estimate of drug-likeness (QED) is 0.158. The van der Waals surface area contributed by atoms with E-state index in [0.29, 0.717) is 0 Å². The number of benzene rings is 9. The van der Waals surface area contributed by atoms with Gasteiger partial charge in [-0.2, -0.15) is 0 Å². The second kappa shape index (κ2) is 11.0. The smallest absolute Gasteiger partial charge is 0.0314 e. The SMILES string of the molecule is Nc1ccc(-c2ccc(-c3ccc4c(-c5ccc6ccccc6c5)c5ccccc5c(-c5ccc6ccccc6c5)c4c3)cc2)cc1. The van der Waals surface area contributed by atoms with Crippen molar-refractivity contribution in [1.29, 1.82) is 0 Å². The van der Waals surface area contributed by atoms with Gasteiger partial charge in [0.25, 0.3) is 0 Å². The van der Waals surface area contributed by atoms with Crippen molar-refractivity contribution in [2.24, 2.45) is 0 Å². The van der Waals surface area contributed by atoms with Gasteiger partial charge in [-0.25, -0.2) is 0 Å². The second-order valence-electron chi connectivity index (χ2n) is 12.4. The standard InChI is InChI=1S/C46H31N/c47-40-24-21-33(22-25-40)32-13-15-34(16-14-32)37-23-26-43-44(29-37)46(39-20-18-31-8-2-4-10-36(31)28-39)42-12-6-5-11-41(42)45(43)38-19-17-30-7-1-3-9-35(30)27-38/h1-29H,47H2. The molecule has 0 fully saturated rings. The number of fused-ring (bicyclic) bond motifs is 4. The molecule has 9 rings (SSSR count). The Labute approximate surface area is 274 Å². The summed E-state index contributed by atoms with van der Waals surface area (Å²) in [4.78, 5) is 0. The number of rotatable bonds is 4. The van der Waals surface area contributed by atoms with Gasteiger partial charge >= 0.3 is 0 Å². The fourth-order valence-electron chi connectivity index (χ4n) is 7.20. The lowest BCUT2D eigenvalue weighted by molar-refractivity contribution is 1.60. The monoisotopic (exact) mass is 597 g/mol. The first kappa shape index (κ1) is 27.2. The van der Waals surface area contributed by atoms with Crippen LogP contribution in [-0.2, 0) is 0 Å². The third kappa shape index (κ3) is 4.72. The zero-order valence-corrected chi connectivity index (χ0v) is 25.8. The van der Waals surface area contributed by atoms with Crippen LogP contribution in [0.15, 0.2) is 176 Å². The summed E-state index contributed by atoms with van der Waals surface area (Å²) in [6, 6.07) is 63.9. The highest BCUT2D eigenvalue weighted by Crippen LogP contribution is 2.45. The Morgan fingerprint density at radius 2 is 0.638 bits per heavy atom. The van der Waals surface area contributed by atoms with E-state index < -0.39 is 0 Å². The fraction of sp³-hybridized carbons (Fsp3) is 0. The van der Waals surface area contributed by atoms with Crippen LogP contribution in [0.4, 0.5) is 5.69 Å². The van der Waals surface area contributed by atoms with E-state index in [1.165, 1.54) is 82.0 Å². The molecule has 0 atom stereocenters.